The zero-order valence-electron chi connectivity index (χ0n) is 10.7. The fourth-order valence-corrected chi connectivity index (χ4v) is 2.39. The lowest BCUT2D eigenvalue weighted by Crippen LogP contribution is -2.23. The molecule has 0 radical (unpaired) electrons. The van der Waals surface area contributed by atoms with Crippen molar-refractivity contribution >= 4 is 45.8 Å². The second kappa shape index (κ2) is 6.86. The molecular weight excluding hydrogens is 407 g/mol. The van der Waals surface area contributed by atoms with Crippen LogP contribution in [0.15, 0.2) is 42.5 Å². The van der Waals surface area contributed by atoms with E-state index in [9.17, 15) is 14.9 Å². The van der Waals surface area contributed by atoms with Gasteiger partial charge in [0.25, 0.3) is 11.6 Å². The third-order valence-corrected chi connectivity index (χ3v) is 3.96. The number of carbonyl (C=O) groups is 1. The van der Waals surface area contributed by atoms with Crippen molar-refractivity contribution in [3.05, 3.63) is 72.3 Å². The summed E-state index contributed by atoms with van der Waals surface area (Å²) in [7, 11) is 0. The van der Waals surface area contributed by atoms with E-state index in [4.69, 9.17) is 11.6 Å². The molecule has 0 fully saturated rings. The lowest BCUT2D eigenvalue weighted by Gasteiger charge is -2.07. The molecule has 0 saturated heterocycles. The van der Waals surface area contributed by atoms with Gasteiger partial charge in [-0.15, -0.1) is 0 Å². The largest absolute Gasteiger partial charge is 0.348 e. The first kappa shape index (κ1) is 15.7. The third-order valence-electron chi connectivity index (χ3n) is 2.77. The minimum atomic E-state index is -0.522. The number of nitrogens with one attached hydrogen (secondary N) is 1. The molecule has 1 N–H and O–H groups in total. The van der Waals surface area contributed by atoms with Crippen LogP contribution < -0.4 is 5.32 Å². The summed E-state index contributed by atoms with van der Waals surface area (Å²) in [6, 6.07) is 11.3. The van der Waals surface area contributed by atoms with E-state index < -0.39 is 4.92 Å². The zero-order valence-corrected chi connectivity index (χ0v) is 13.6. The minimum absolute atomic E-state index is 0.105. The Kier molecular flexibility index (Phi) is 5.13. The quantitative estimate of drug-likeness (QED) is 0.468. The van der Waals surface area contributed by atoms with Gasteiger partial charge in [0.1, 0.15) is 0 Å². The summed E-state index contributed by atoms with van der Waals surface area (Å²) in [4.78, 5) is 22.4. The van der Waals surface area contributed by atoms with Gasteiger partial charge in [-0.1, -0.05) is 23.7 Å². The topological polar surface area (TPSA) is 72.2 Å². The van der Waals surface area contributed by atoms with Gasteiger partial charge in [-0.3, -0.25) is 14.9 Å². The van der Waals surface area contributed by atoms with Gasteiger partial charge in [0.2, 0.25) is 0 Å². The third kappa shape index (κ3) is 4.15. The molecular formula is C14H10ClIN2O3. The number of rotatable bonds is 4. The van der Waals surface area contributed by atoms with Crippen LogP contribution in [0.25, 0.3) is 0 Å². The van der Waals surface area contributed by atoms with Crippen LogP contribution in [0.1, 0.15) is 15.9 Å². The highest BCUT2D eigenvalue weighted by Gasteiger charge is 2.15. The number of carbonyl (C=O) groups excluding carboxylic acids is 1. The Balaban J connectivity index is 2.11. The van der Waals surface area contributed by atoms with Crippen LogP contribution in [0, 0.1) is 13.7 Å². The standard InChI is InChI=1S/C14H10ClIN2O3/c15-10-3-1-9(2-4-10)8-17-14(19)12-7-11(18(20)21)5-6-13(12)16/h1-7H,8H2,(H,17,19). The fraction of sp³-hybridized carbons (Fsp3) is 0.0714. The van der Waals surface area contributed by atoms with Crippen molar-refractivity contribution in [2.45, 2.75) is 6.54 Å². The Hall–Kier alpha value is -1.67. The molecule has 0 aliphatic heterocycles. The van der Waals surface area contributed by atoms with Crippen molar-refractivity contribution < 1.29 is 9.72 Å². The predicted molar refractivity (Wildman–Crippen MR) is 88.4 cm³/mol. The van der Waals surface area contributed by atoms with Crippen molar-refractivity contribution in [3.63, 3.8) is 0 Å². The average Bonchev–Trinajstić information content (AvgIpc) is 2.46. The molecule has 0 aromatic heterocycles. The van der Waals surface area contributed by atoms with Gasteiger partial charge in [0.15, 0.2) is 0 Å². The van der Waals surface area contributed by atoms with Crippen LogP contribution in [0.4, 0.5) is 5.69 Å². The van der Waals surface area contributed by atoms with E-state index in [0.29, 0.717) is 20.7 Å². The highest BCUT2D eigenvalue weighted by molar-refractivity contribution is 14.1. The Morgan fingerprint density at radius 1 is 1.24 bits per heavy atom. The van der Waals surface area contributed by atoms with Gasteiger partial charge in [-0.2, -0.15) is 0 Å². The van der Waals surface area contributed by atoms with Crippen LogP contribution in [0.2, 0.25) is 5.02 Å². The van der Waals surface area contributed by atoms with E-state index in [1.54, 1.807) is 30.3 Å². The lowest BCUT2D eigenvalue weighted by atomic mass is 10.1. The summed E-state index contributed by atoms with van der Waals surface area (Å²) in [5, 5.41) is 14.1. The van der Waals surface area contributed by atoms with Crippen molar-refractivity contribution in [2.24, 2.45) is 0 Å². The molecule has 0 heterocycles. The van der Waals surface area contributed by atoms with Crippen molar-refractivity contribution in [2.75, 3.05) is 0 Å². The predicted octanol–water partition coefficient (Wildman–Crippen LogP) is 3.78. The van der Waals surface area contributed by atoms with Crippen molar-refractivity contribution in [3.8, 4) is 0 Å². The maximum Gasteiger partial charge on any atom is 0.270 e. The first-order valence-corrected chi connectivity index (χ1v) is 7.39. The molecule has 2 aromatic carbocycles. The van der Waals surface area contributed by atoms with E-state index in [0.717, 1.165) is 5.56 Å². The number of non-ortho nitro benzene ring substituents is 1. The number of hydrogen-bond acceptors (Lipinski definition) is 3. The number of nitro benzene ring substituents is 1. The van der Waals surface area contributed by atoms with Gasteiger partial charge < -0.3 is 5.32 Å². The molecule has 0 aliphatic rings. The summed E-state index contributed by atoms with van der Waals surface area (Å²) >= 11 is 7.76. The number of nitrogens with zero attached hydrogens (tertiary/aromatic N) is 1. The molecule has 21 heavy (non-hydrogen) atoms. The highest BCUT2D eigenvalue weighted by atomic mass is 127. The van der Waals surface area contributed by atoms with Gasteiger partial charge in [0.05, 0.1) is 10.5 Å². The number of nitro groups is 1. The highest BCUT2D eigenvalue weighted by Crippen LogP contribution is 2.19. The Morgan fingerprint density at radius 3 is 2.52 bits per heavy atom. The summed E-state index contributed by atoms with van der Waals surface area (Å²) in [5.41, 5.74) is 1.08. The molecule has 108 valence electrons. The SMILES string of the molecule is O=C(NCc1ccc(Cl)cc1)c1cc([N+](=O)[O-])ccc1I. The number of hydrogen-bond donors (Lipinski definition) is 1. The van der Waals surface area contributed by atoms with Crippen LogP contribution >= 0.6 is 34.2 Å². The Morgan fingerprint density at radius 2 is 1.90 bits per heavy atom. The molecule has 2 aromatic rings. The number of halogens is 2. The fourth-order valence-electron chi connectivity index (χ4n) is 1.68. The van der Waals surface area contributed by atoms with Gasteiger partial charge in [-0.05, 0) is 46.4 Å². The van der Waals surface area contributed by atoms with E-state index in [1.165, 1.54) is 12.1 Å². The molecule has 0 saturated carbocycles. The summed E-state index contributed by atoms with van der Waals surface area (Å²) in [6.45, 7) is 0.328. The maximum absolute atomic E-state index is 12.1. The number of benzene rings is 2. The van der Waals surface area contributed by atoms with Crippen molar-refractivity contribution in [1.29, 1.82) is 0 Å². The van der Waals surface area contributed by atoms with E-state index in [2.05, 4.69) is 5.32 Å². The van der Waals surface area contributed by atoms with E-state index >= 15 is 0 Å². The molecule has 0 unspecified atom stereocenters. The second-order valence-corrected chi connectivity index (χ2v) is 5.83. The summed E-state index contributed by atoms with van der Waals surface area (Å²) in [5.74, 6) is -0.349. The van der Waals surface area contributed by atoms with Crippen LogP contribution in [-0.2, 0) is 6.54 Å². The number of amides is 1. The van der Waals surface area contributed by atoms with Gasteiger partial charge >= 0.3 is 0 Å². The molecule has 2 rings (SSSR count). The molecule has 1 amide bonds. The molecule has 0 aliphatic carbocycles. The van der Waals surface area contributed by atoms with E-state index in [-0.39, 0.29) is 11.6 Å². The van der Waals surface area contributed by atoms with Gasteiger partial charge in [0, 0.05) is 27.3 Å². The Bertz CT molecular complexity index is 689. The zero-order chi connectivity index (χ0) is 15.4. The first-order chi connectivity index (χ1) is 9.97. The van der Waals surface area contributed by atoms with Crippen LogP contribution in [0.5, 0.6) is 0 Å². The van der Waals surface area contributed by atoms with Gasteiger partial charge in [-0.25, -0.2) is 0 Å². The first-order valence-electron chi connectivity index (χ1n) is 5.94. The van der Waals surface area contributed by atoms with Crippen molar-refractivity contribution in [1.82, 2.24) is 5.32 Å². The molecule has 0 bridgehead atoms. The molecule has 7 heteroatoms. The smallest absolute Gasteiger partial charge is 0.270 e. The molecule has 5 nitrogen and oxygen atoms in total. The lowest BCUT2D eigenvalue weighted by molar-refractivity contribution is -0.384. The van der Waals surface area contributed by atoms with Crippen LogP contribution in [0.3, 0.4) is 0 Å². The minimum Gasteiger partial charge on any atom is -0.348 e. The molecule has 0 atom stereocenters. The monoisotopic (exact) mass is 416 g/mol. The van der Waals surface area contributed by atoms with Crippen LogP contribution in [-0.4, -0.2) is 10.8 Å². The second-order valence-electron chi connectivity index (χ2n) is 4.23. The average molecular weight is 417 g/mol. The van der Waals surface area contributed by atoms with E-state index in [1.807, 2.05) is 22.6 Å². The summed E-state index contributed by atoms with van der Waals surface area (Å²) in [6.07, 6.45) is 0. The molecule has 0 spiro atoms. The normalized spacial score (nSPS) is 10.2. The maximum atomic E-state index is 12.1. The Labute approximate surface area is 139 Å². The summed E-state index contributed by atoms with van der Waals surface area (Å²) < 4.78 is 0.659.